The summed E-state index contributed by atoms with van der Waals surface area (Å²) >= 11 is 5.61. The van der Waals surface area contributed by atoms with Crippen molar-refractivity contribution in [2.24, 2.45) is 0 Å². The third-order valence-corrected chi connectivity index (χ3v) is 3.44. The maximum Gasteiger partial charge on any atom is 0.416 e. The average molecular weight is 347 g/mol. The Morgan fingerprint density at radius 2 is 1.78 bits per heavy atom. The Morgan fingerprint density at radius 3 is 2.35 bits per heavy atom. The lowest BCUT2D eigenvalue weighted by Crippen LogP contribution is -2.06. The Morgan fingerprint density at radius 1 is 1.13 bits per heavy atom. The van der Waals surface area contributed by atoms with Crippen LogP contribution in [0.2, 0.25) is 5.02 Å². The Bertz CT molecular complexity index is 772. The first-order valence-corrected chi connectivity index (χ1v) is 6.61. The van der Waals surface area contributed by atoms with E-state index in [0.29, 0.717) is 11.6 Å². The molecule has 2 aromatic carbocycles. The smallest absolute Gasteiger partial charge is 0.416 e. The van der Waals surface area contributed by atoms with Crippen molar-refractivity contribution in [3.05, 3.63) is 57.6 Å². The maximum atomic E-state index is 12.8. The first-order chi connectivity index (χ1) is 10.6. The van der Waals surface area contributed by atoms with Crippen LogP contribution in [0.3, 0.4) is 0 Å². The van der Waals surface area contributed by atoms with Crippen LogP contribution in [-0.4, -0.2) is 21.3 Å². The fourth-order valence-corrected chi connectivity index (χ4v) is 2.28. The topological polar surface area (TPSA) is 77.8 Å². The van der Waals surface area contributed by atoms with E-state index in [9.17, 15) is 28.2 Å². The number of alkyl halides is 3. The molecule has 0 unspecified atom stereocenters. The van der Waals surface area contributed by atoms with Gasteiger partial charge in [0.15, 0.2) is 0 Å². The van der Waals surface area contributed by atoms with E-state index in [-0.39, 0.29) is 17.5 Å². The van der Waals surface area contributed by atoms with E-state index in [1.54, 1.807) is 0 Å². The number of hydrogen-bond donors (Lipinski definition) is 3. The number of hydrogen-bond acceptors (Lipinski definition) is 3. The van der Waals surface area contributed by atoms with Gasteiger partial charge in [-0.15, -0.1) is 0 Å². The molecular weight excluding hydrogens is 337 g/mol. The summed E-state index contributed by atoms with van der Waals surface area (Å²) in [5.74, 6) is -2.35. The monoisotopic (exact) mass is 346 g/mol. The van der Waals surface area contributed by atoms with Crippen LogP contribution >= 0.6 is 11.6 Å². The minimum atomic E-state index is -4.63. The molecule has 0 aromatic heterocycles. The molecule has 8 heteroatoms. The molecule has 4 nitrogen and oxygen atoms in total. The molecule has 23 heavy (non-hydrogen) atoms. The molecular formula is C15H10ClF3O4. The Labute approximate surface area is 133 Å². The highest BCUT2D eigenvalue weighted by Crippen LogP contribution is 2.37. The summed E-state index contributed by atoms with van der Waals surface area (Å²) in [4.78, 5) is 11.0. The first kappa shape index (κ1) is 17.0. The van der Waals surface area contributed by atoms with Crippen LogP contribution in [0.1, 0.15) is 27.0 Å². The highest BCUT2D eigenvalue weighted by molar-refractivity contribution is 6.32. The molecule has 2 aromatic rings. The standard InChI is InChI=1S/C15H10ClF3O4/c16-11-6-9(15(17,18)19)5-8(13(11)21)3-7-1-2-12(20)10(4-7)14(22)23/h1-2,4-6,20-21H,3H2,(H,22,23). The number of carboxylic acids is 1. The van der Waals surface area contributed by atoms with Crippen molar-refractivity contribution >= 4 is 17.6 Å². The van der Waals surface area contributed by atoms with Gasteiger partial charge in [-0.25, -0.2) is 4.79 Å². The van der Waals surface area contributed by atoms with E-state index in [2.05, 4.69) is 0 Å². The Balaban J connectivity index is 2.46. The van der Waals surface area contributed by atoms with Gasteiger partial charge in [-0.05, 0) is 29.8 Å². The third kappa shape index (κ3) is 3.68. The fraction of sp³-hybridized carbons (Fsp3) is 0.133. The molecule has 0 atom stereocenters. The van der Waals surface area contributed by atoms with Crippen molar-refractivity contribution in [2.45, 2.75) is 12.6 Å². The van der Waals surface area contributed by atoms with Crippen LogP contribution < -0.4 is 0 Å². The fourth-order valence-electron chi connectivity index (χ4n) is 2.04. The number of benzene rings is 2. The summed E-state index contributed by atoms with van der Waals surface area (Å²) < 4.78 is 38.4. The van der Waals surface area contributed by atoms with Crippen molar-refractivity contribution < 1.29 is 33.3 Å². The highest BCUT2D eigenvalue weighted by Gasteiger charge is 2.32. The van der Waals surface area contributed by atoms with Crippen LogP contribution in [0.4, 0.5) is 13.2 Å². The normalized spacial score (nSPS) is 11.5. The number of aromatic carboxylic acids is 1. The number of phenolic OH excluding ortho intramolecular Hbond substituents is 1. The van der Waals surface area contributed by atoms with Gasteiger partial charge in [0.25, 0.3) is 0 Å². The van der Waals surface area contributed by atoms with Crippen molar-refractivity contribution in [3.8, 4) is 11.5 Å². The highest BCUT2D eigenvalue weighted by atomic mass is 35.5. The quantitative estimate of drug-likeness (QED) is 0.783. The van der Waals surface area contributed by atoms with E-state index in [0.717, 1.165) is 18.2 Å². The number of phenols is 2. The van der Waals surface area contributed by atoms with Crippen molar-refractivity contribution in [3.63, 3.8) is 0 Å². The van der Waals surface area contributed by atoms with Gasteiger partial charge in [0.1, 0.15) is 17.1 Å². The van der Waals surface area contributed by atoms with Crippen LogP contribution in [0.15, 0.2) is 30.3 Å². The largest absolute Gasteiger partial charge is 0.507 e. The minimum Gasteiger partial charge on any atom is -0.507 e. The predicted molar refractivity (Wildman–Crippen MR) is 76.0 cm³/mol. The molecule has 122 valence electrons. The molecule has 0 amide bonds. The molecule has 3 N–H and O–H groups in total. The molecule has 2 rings (SSSR count). The molecule has 0 aliphatic heterocycles. The maximum absolute atomic E-state index is 12.8. The lowest BCUT2D eigenvalue weighted by molar-refractivity contribution is -0.137. The van der Waals surface area contributed by atoms with Crippen molar-refractivity contribution in [1.82, 2.24) is 0 Å². The summed E-state index contributed by atoms with van der Waals surface area (Å²) in [7, 11) is 0. The van der Waals surface area contributed by atoms with E-state index >= 15 is 0 Å². The van der Waals surface area contributed by atoms with Crippen LogP contribution in [0.5, 0.6) is 11.5 Å². The Hall–Kier alpha value is -2.41. The number of carboxylic acid groups (broad SMARTS) is 1. The van der Waals surface area contributed by atoms with Crippen molar-refractivity contribution in [2.75, 3.05) is 0 Å². The van der Waals surface area contributed by atoms with Gasteiger partial charge in [-0.3, -0.25) is 0 Å². The van der Waals surface area contributed by atoms with Gasteiger partial charge < -0.3 is 15.3 Å². The molecule has 0 spiro atoms. The second kappa shape index (κ2) is 6.00. The van der Waals surface area contributed by atoms with Crippen LogP contribution in [0.25, 0.3) is 0 Å². The summed E-state index contributed by atoms with van der Waals surface area (Å²) in [6, 6.07) is 4.93. The first-order valence-electron chi connectivity index (χ1n) is 6.23. The van der Waals surface area contributed by atoms with Crippen LogP contribution in [-0.2, 0) is 12.6 Å². The number of rotatable bonds is 3. The zero-order chi connectivity index (χ0) is 17.4. The summed E-state index contributed by atoms with van der Waals surface area (Å²) in [6.07, 6.45) is -4.82. The second-order valence-electron chi connectivity index (χ2n) is 4.80. The predicted octanol–water partition coefficient (Wildman–Crippen LogP) is 4.06. The zero-order valence-corrected chi connectivity index (χ0v) is 12.1. The lowest BCUT2D eigenvalue weighted by Gasteiger charge is -2.13. The van der Waals surface area contributed by atoms with Crippen LogP contribution in [0, 0.1) is 0 Å². The molecule has 0 bridgehead atoms. The number of aromatic hydroxyl groups is 2. The SMILES string of the molecule is O=C(O)c1cc(Cc2cc(C(F)(F)F)cc(Cl)c2O)ccc1O. The van der Waals surface area contributed by atoms with Gasteiger partial charge in [-0.2, -0.15) is 13.2 Å². The van der Waals surface area contributed by atoms with Gasteiger partial charge in [0.05, 0.1) is 10.6 Å². The van der Waals surface area contributed by atoms with Gasteiger partial charge in [0.2, 0.25) is 0 Å². The van der Waals surface area contributed by atoms with Crippen molar-refractivity contribution in [1.29, 1.82) is 0 Å². The molecule has 0 saturated carbocycles. The average Bonchev–Trinajstić information content (AvgIpc) is 2.44. The Kier molecular flexibility index (Phi) is 4.42. The van der Waals surface area contributed by atoms with Gasteiger partial charge >= 0.3 is 12.1 Å². The molecule has 0 radical (unpaired) electrons. The molecule has 0 aliphatic rings. The summed E-state index contributed by atoms with van der Waals surface area (Å²) in [5, 5.41) is 27.7. The number of halogens is 4. The van der Waals surface area contributed by atoms with E-state index in [4.69, 9.17) is 16.7 Å². The molecule has 0 saturated heterocycles. The number of carbonyl (C=O) groups is 1. The lowest BCUT2D eigenvalue weighted by atomic mass is 9.99. The van der Waals surface area contributed by atoms with E-state index in [1.165, 1.54) is 6.07 Å². The van der Waals surface area contributed by atoms with E-state index < -0.39 is 34.2 Å². The molecule has 0 heterocycles. The molecule has 0 aliphatic carbocycles. The summed E-state index contributed by atoms with van der Waals surface area (Å²) in [5.41, 5.74) is -1.22. The third-order valence-electron chi connectivity index (χ3n) is 3.16. The minimum absolute atomic E-state index is 0.105. The van der Waals surface area contributed by atoms with E-state index in [1.807, 2.05) is 0 Å². The van der Waals surface area contributed by atoms with Gasteiger partial charge in [0, 0.05) is 12.0 Å². The molecule has 0 fully saturated rings. The zero-order valence-electron chi connectivity index (χ0n) is 11.4. The van der Waals surface area contributed by atoms with Gasteiger partial charge in [-0.1, -0.05) is 17.7 Å². The second-order valence-corrected chi connectivity index (χ2v) is 5.20. The summed E-state index contributed by atoms with van der Waals surface area (Å²) in [6.45, 7) is 0.